The van der Waals surface area contributed by atoms with Crippen molar-refractivity contribution in [3.8, 4) is 0 Å². The number of carbonyl (C=O) groups is 3. The minimum atomic E-state index is -0.385. The van der Waals surface area contributed by atoms with Crippen molar-refractivity contribution in [1.29, 1.82) is 0 Å². The molecule has 122 valence electrons. The molecule has 23 heavy (non-hydrogen) atoms. The summed E-state index contributed by atoms with van der Waals surface area (Å²) in [5.41, 5.74) is 0.569. The van der Waals surface area contributed by atoms with Crippen LogP contribution in [0.3, 0.4) is 0 Å². The van der Waals surface area contributed by atoms with E-state index in [0.29, 0.717) is 38.8 Å². The van der Waals surface area contributed by atoms with E-state index in [1.165, 1.54) is 0 Å². The third-order valence-electron chi connectivity index (χ3n) is 5.02. The van der Waals surface area contributed by atoms with Crippen LogP contribution in [0.1, 0.15) is 37.7 Å². The zero-order chi connectivity index (χ0) is 16.3. The Balaban J connectivity index is 1.51. The van der Waals surface area contributed by atoms with Gasteiger partial charge in [0.25, 0.3) is 0 Å². The van der Waals surface area contributed by atoms with Gasteiger partial charge in [-0.15, -0.1) is 0 Å². The van der Waals surface area contributed by atoms with Crippen LogP contribution in [0.15, 0.2) is 30.3 Å². The Morgan fingerprint density at radius 1 is 1.09 bits per heavy atom. The zero-order valence-electron chi connectivity index (χ0n) is 13.1. The Morgan fingerprint density at radius 2 is 1.78 bits per heavy atom. The number of benzene rings is 1. The highest BCUT2D eigenvalue weighted by Gasteiger charge is 2.45. The maximum atomic E-state index is 12.2. The minimum Gasteiger partial charge on any atom is -0.445 e. The van der Waals surface area contributed by atoms with Crippen LogP contribution in [0.2, 0.25) is 0 Å². The molecule has 1 heterocycles. The topological polar surface area (TPSA) is 63.7 Å². The molecule has 1 aromatic rings. The van der Waals surface area contributed by atoms with E-state index in [1.54, 1.807) is 4.90 Å². The summed E-state index contributed by atoms with van der Waals surface area (Å²) in [5.74, 6) is 0.108. The molecule has 2 aliphatic rings. The molecular formula is C18H21NO4. The average Bonchev–Trinajstić information content (AvgIpc) is 2.58. The third-order valence-corrected chi connectivity index (χ3v) is 5.02. The van der Waals surface area contributed by atoms with Gasteiger partial charge in [0.2, 0.25) is 0 Å². The van der Waals surface area contributed by atoms with Crippen molar-refractivity contribution in [2.75, 3.05) is 13.1 Å². The maximum Gasteiger partial charge on any atom is 0.410 e. The lowest BCUT2D eigenvalue weighted by Crippen LogP contribution is -2.48. The third kappa shape index (κ3) is 3.44. The summed E-state index contributed by atoms with van der Waals surface area (Å²) in [6.45, 7) is 1.30. The lowest BCUT2D eigenvalue weighted by molar-refractivity contribution is -0.140. The fourth-order valence-corrected chi connectivity index (χ4v) is 3.43. The first-order valence-electron chi connectivity index (χ1n) is 8.10. The van der Waals surface area contributed by atoms with Crippen LogP contribution in [0.4, 0.5) is 4.79 Å². The molecule has 2 fully saturated rings. The number of hydrogen-bond acceptors (Lipinski definition) is 4. The normalized spacial score (nSPS) is 20.6. The van der Waals surface area contributed by atoms with Gasteiger partial charge in [-0.25, -0.2) is 4.79 Å². The summed E-state index contributed by atoms with van der Waals surface area (Å²) in [7, 11) is 0. The van der Waals surface area contributed by atoms with Gasteiger partial charge in [-0.05, 0) is 24.8 Å². The summed E-state index contributed by atoms with van der Waals surface area (Å²) in [6.07, 6.45) is 2.14. The molecule has 3 rings (SSSR count). The quantitative estimate of drug-likeness (QED) is 0.787. The number of rotatable bonds is 2. The van der Waals surface area contributed by atoms with E-state index >= 15 is 0 Å². The van der Waals surface area contributed by atoms with Gasteiger partial charge in [0.15, 0.2) is 0 Å². The lowest BCUT2D eigenvalue weighted by atomic mass is 9.67. The molecule has 1 aliphatic heterocycles. The smallest absolute Gasteiger partial charge is 0.410 e. The van der Waals surface area contributed by atoms with E-state index in [1.807, 2.05) is 30.3 Å². The van der Waals surface area contributed by atoms with E-state index in [0.717, 1.165) is 5.56 Å². The Kier molecular flexibility index (Phi) is 4.46. The number of hydrogen-bond donors (Lipinski definition) is 0. The molecule has 1 spiro atoms. The fraction of sp³-hybridized carbons (Fsp3) is 0.500. The number of carbonyl (C=O) groups excluding carboxylic acids is 3. The highest BCUT2D eigenvalue weighted by Crippen LogP contribution is 2.41. The summed E-state index contributed by atoms with van der Waals surface area (Å²) in [4.78, 5) is 37.4. The van der Waals surface area contributed by atoms with Gasteiger partial charge in [-0.3, -0.25) is 9.59 Å². The van der Waals surface area contributed by atoms with Gasteiger partial charge in [-0.2, -0.15) is 0 Å². The molecule has 0 atom stereocenters. The molecule has 1 aromatic carbocycles. The van der Waals surface area contributed by atoms with Crippen molar-refractivity contribution in [2.45, 2.75) is 38.7 Å². The van der Waals surface area contributed by atoms with Gasteiger partial charge in [0.1, 0.15) is 18.2 Å². The second-order valence-corrected chi connectivity index (χ2v) is 6.45. The monoisotopic (exact) mass is 315 g/mol. The Labute approximate surface area is 135 Å². The van der Waals surface area contributed by atoms with Crippen molar-refractivity contribution >= 4 is 17.7 Å². The van der Waals surface area contributed by atoms with Gasteiger partial charge < -0.3 is 9.64 Å². The highest BCUT2D eigenvalue weighted by molar-refractivity contribution is 6.04. The van der Waals surface area contributed by atoms with Crippen LogP contribution >= 0.6 is 0 Å². The SMILES string of the molecule is O=C1CCC2(CCN(C(=O)OCc3ccccc3)CC2)C(=O)C1. The number of ether oxygens (including phenoxy) is 1. The number of nitrogens with zero attached hydrogens (tertiary/aromatic N) is 1. The van der Waals surface area contributed by atoms with Crippen molar-refractivity contribution in [1.82, 2.24) is 4.90 Å². The molecule has 1 saturated heterocycles. The maximum absolute atomic E-state index is 12.2. The predicted octanol–water partition coefficient (Wildman–Crippen LogP) is 2.73. The van der Waals surface area contributed by atoms with E-state index in [4.69, 9.17) is 4.74 Å². The lowest BCUT2D eigenvalue weighted by Gasteiger charge is -2.42. The van der Waals surface area contributed by atoms with Gasteiger partial charge >= 0.3 is 6.09 Å². The van der Waals surface area contributed by atoms with E-state index in [9.17, 15) is 14.4 Å². The van der Waals surface area contributed by atoms with Crippen molar-refractivity contribution in [2.24, 2.45) is 5.41 Å². The summed E-state index contributed by atoms with van der Waals surface area (Å²) in [6, 6.07) is 9.56. The zero-order valence-corrected chi connectivity index (χ0v) is 13.1. The Hall–Kier alpha value is -2.17. The van der Waals surface area contributed by atoms with Crippen LogP contribution in [-0.2, 0) is 20.9 Å². The number of piperidine rings is 1. The van der Waals surface area contributed by atoms with Gasteiger partial charge in [0, 0.05) is 24.9 Å². The Morgan fingerprint density at radius 3 is 2.43 bits per heavy atom. The molecule has 0 aromatic heterocycles. The molecule has 0 unspecified atom stereocenters. The predicted molar refractivity (Wildman–Crippen MR) is 83.7 cm³/mol. The second-order valence-electron chi connectivity index (χ2n) is 6.45. The van der Waals surface area contributed by atoms with Gasteiger partial charge in [-0.1, -0.05) is 30.3 Å². The number of Topliss-reactive ketones (excluding diaryl/α,β-unsaturated/α-hetero) is 2. The van der Waals surface area contributed by atoms with E-state index in [2.05, 4.69) is 0 Å². The summed E-state index contributed by atoms with van der Waals surface area (Å²) < 4.78 is 5.34. The van der Waals surface area contributed by atoms with Crippen LogP contribution < -0.4 is 0 Å². The van der Waals surface area contributed by atoms with E-state index in [-0.39, 0.29) is 36.1 Å². The number of ketones is 2. The summed E-state index contributed by atoms with van der Waals surface area (Å²) in [5, 5.41) is 0. The largest absolute Gasteiger partial charge is 0.445 e. The van der Waals surface area contributed by atoms with Crippen molar-refractivity contribution in [3.05, 3.63) is 35.9 Å². The van der Waals surface area contributed by atoms with E-state index < -0.39 is 0 Å². The van der Waals surface area contributed by atoms with Crippen molar-refractivity contribution in [3.63, 3.8) is 0 Å². The molecule has 0 bridgehead atoms. The molecule has 1 amide bonds. The molecular weight excluding hydrogens is 294 g/mol. The standard InChI is InChI=1S/C18H21NO4/c20-15-6-7-18(16(21)12-15)8-10-19(11-9-18)17(22)23-13-14-4-2-1-3-5-14/h1-5H,6-13H2. The first-order chi connectivity index (χ1) is 11.1. The molecule has 5 nitrogen and oxygen atoms in total. The second kappa shape index (κ2) is 6.52. The molecule has 1 saturated carbocycles. The Bertz CT molecular complexity index is 603. The first-order valence-corrected chi connectivity index (χ1v) is 8.10. The molecule has 0 N–H and O–H groups in total. The molecule has 5 heteroatoms. The summed E-state index contributed by atoms with van der Waals surface area (Å²) >= 11 is 0. The fourth-order valence-electron chi connectivity index (χ4n) is 3.43. The van der Waals surface area contributed by atoms with Gasteiger partial charge in [0.05, 0.1) is 6.42 Å². The number of amides is 1. The van der Waals surface area contributed by atoms with Crippen molar-refractivity contribution < 1.29 is 19.1 Å². The number of likely N-dealkylation sites (tertiary alicyclic amines) is 1. The molecule has 1 aliphatic carbocycles. The average molecular weight is 315 g/mol. The van der Waals surface area contributed by atoms with Crippen LogP contribution in [-0.4, -0.2) is 35.6 Å². The van der Waals surface area contributed by atoms with Crippen LogP contribution in [0.25, 0.3) is 0 Å². The van der Waals surface area contributed by atoms with Crippen LogP contribution in [0.5, 0.6) is 0 Å². The van der Waals surface area contributed by atoms with Crippen LogP contribution in [0, 0.1) is 5.41 Å². The molecule has 0 radical (unpaired) electrons. The minimum absolute atomic E-state index is 0.0466. The highest BCUT2D eigenvalue weighted by atomic mass is 16.6. The first kappa shape index (κ1) is 15.7.